The molecule has 2 heterocycles. The number of halogens is 3. The summed E-state index contributed by atoms with van der Waals surface area (Å²) in [6.07, 6.45) is -5.08. The number of ether oxygens (including phenoxy) is 1. The molecule has 1 aliphatic heterocycles. The topological polar surface area (TPSA) is 105 Å². The van der Waals surface area contributed by atoms with Crippen LogP contribution >= 0.6 is 0 Å². The number of carbonyl (C=O) groups is 2. The summed E-state index contributed by atoms with van der Waals surface area (Å²) in [5.41, 5.74) is 0.786. The lowest BCUT2D eigenvalue weighted by Gasteiger charge is -2.37. The van der Waals surface area contributed by atoms with Crippen LogP contribution in [0.4, 0.5) is 29.6 Å². The molecule has 8 nitrogen and oxygen atoms in total. The molecule has 3 aromatic rings. The predicted molar refractivity (Wildman–Crippen MR) is 127 cm³/mol. The molecular formula is C26H21F3N4O4. The van der Waals surface area contributed by atoms with Crippen LogP contribution < -0.4 is 5.32 Å². The third-order valence-electron chi connectivity index (χ3n) is 5.78. The summed E-state index contributed by atoms with van der Waals surface area (Å²) in [5.74, 6) is 4.69. The van der Waals surface area contributed by atoms with E-state index in [1.807, 2.05) is 12.1 Å². The van der Waals surface area contributed by atoms with Gasteiger partial charge in [0.1, 0.15) is 11.3 Å². The average molecular weight is 510 g/mol. The van der Waals surface area contributed by atoms with Crippen molar-refractivity contribution in [3.63, 3.8) is 0 Å². The Hall–Kier alpha value is -4.59. The van der Waals surface area contributed by atoms with Crippen molar-refractivity contribution in [2.45, 2.75) is 18.5 Å². The van der Waals surface area contributed by atoms with Crippen LogP contribution in [0.25, 0.3) is 0 Å². The summed E-state index contributed by atoms with van der Waals surface area (Å²) in [6.45, 7) is 0.823. The molecule has 2 aromatic carbocycles. The highest BCUT2D eigenvalue weighted by Gasteiger charge is 2.35. The van der Waals surface area contributed by atoms with Crippen LogP contribution in [0.5, 0.6) is 0 Å². The molecule has 190 valence electrons. The van der Waals surface area contributed by atoms with Crippen molar-refractivity contribution in [1.29, 1.82) is 0 Å². The van der Waals surface area contributed by atoms with Crippen molar-refractivity contribution in [2.24, 2.45) is 0 Å². The number of amides is 1. The number of esters is 1. The zero-order chi connectivity index (χ0) is 26.6. The first-order valence-corrected chi connectivity index (χ1v) is 11.1. The Labute approximate surface area is 210 Å². The molecule has 0 bridgehead atoms. The Morgan fingerprint density at radius 2 is 1.84 bits per heavy atom. The van der Waals surface area contributed by atoms with Crippen LogP contribution in [-0.2, 0) is 22.1 Å². The molecule has 1 amide bonds. The molecule has 1 saturated heterocycles. The number of alkyl halides is 3. The maximum absolute atomic E-state index is 13.6. The normalized spacial score (nSPS) is 13.2. The lowest BCUT2D eigenvalue weighted by atomic mass is 9.92. The highest BCUT2D eigenvalue weighted by molar-refractivity contribution is 5.73. The zero-order valence-corrected chi connectivity index (χ0v) is 19.5. The summed E-state index contributed by atoms with van der Waals surface area (Å²) in [7, 11) is 1.25. The van der Waals surface area contributed by atoms with Crippen LogP contribution in [0, 0.1) is 11.8 Å². The summed E-state index contributed by atoms with van der Waals surface area (Å²) in [4.78, 5) is 31.7. The van der Waals surface area contributed by atoms with Crippen molar-refractivity contribution in [1.82, 2.24) is 14.9 Å². The minimum Gasteiger partial charge on any atom is -0.469 e. The fraction of sp³-hybridized carbons (Fsp3) is 0.231. The van der Waals surface area contributed by atoms with Gasteiger partial charge in [0, 0.05) is 36.5 Å². The van der Waals surface area contributed by atoms with Crippen molar-refractivity contribution in [3.05, 3.63) is 82.7 Å². The van der Waals surface area contributed by atoms with E-state index in [1.54, 1.807) is 36.4 Å². The number of nitrogens with zero attached hydrogens (tertiary/aromatic N) is 3. The second-order valence-electron chi connectivity index (χ2n) is 8.25. The Morgan fingerprint density at radius 1 is 1.14 bits per heavy atom. The summed E-state index contributed by atoms with van der Waals surface area (Å²) in [6, 6.07) is 13.7. The van der Waals surface area contributed by atoms with E-state index in [9.17, 15) is 22.8 Å². The van der Waals surface area contributed by atoms with Gasteiger partial charge in [0.2, 0.25) is 5.95 Å². The molecule has 1 aromatic heterocycles. The maximum Gasteiger partial charge on any atom is 0.420 e. The van der Waals surface area contributed by atoms with Crippen LogP contribution in [0.15, 0.2) is 54.7 Å². The number of nitrogens with one attached hydrogen (secondary N) is 1. The lowest BCUT2D eigenvalue weighted by molar-refractivity contribution is -0.140. The molecule has 37 heavy (non-hydrogen) atoms. The quantitative estimate of drug-likeness (QED) is 0.387. The van der Waals surface area contributed by atoms with E-state index in [0.29, 0.717) is 36.1 Å². The number of hydrogen-bond acceptors (Lipinski definition) is 6. The van der Waals surface area contributed by atoms with E-state index in [0.717, 1.165) is 5.56 Å². The largest absolute Gasteiger partial charge is 0.469 e. The van der Waals surface area contributed by atoms with E-state index in [2.05, 4.69) is 31.9 Å². The minimum atomic E-state index is -4.72. The van der Waals surface area contributed by atoms with E-state index < -0.39 is 29.5 Å². The smallest absolute Gasteiger partial charge is 0.420 e. The number of benzene rings is 2. The molecule has 0 spiro atoms. The van der Waals surface area contributed by atoms with Crippen molar-refractivity contribution >= 4 is 23.7 Å². The van der Waals surface area contributed by atoms with Gasteiger partial charge in [-0.25, -0.2) is 14.8 Å². The first kappa shape index (κ1) is 25.5. The molecule has 2 N–H and O–H groups in total. The Balaban J connectivity index is 1.56. The zero-order valence-electron chi connectivity index (χ0n) is 19.5. The molecule has 4 rings (SSSR count). The summed E-state index contributed by atoms with van der Waals surface area (Å²) in [5, 5.41) is 11.8. The standard InChI is InChI=1S/C26H21F3N4O4/c1-37-23(34)12-18-5-3-2-4-16(18)8-11-22-21(26(27,28)29)13-30-24(32-22)31-20-9-6-17(7-10-20)19-14-33(15-19)25(35)36/h2-7,9-10,13,19H,12,14-15H2,1H3,(H,35,36)(H,30,31,32). The molecule has 0 aliphatic carbocycles. The summed E-state index contributed by atoms with van der Waals surface area (Å²) >= 11 is 0. The van der Waals surface area contributed by atoms with Crippen molar-refractivity contribution in [2.75, 3.05) is 25.5 Å². The van der Waals surface area contributed by atoms with Gasteiger partial charge in [0.05, 0.1) is 13.5 Å². The first-order valence-electron chi connectivity index (χ1n) is 11.1. The van der Waals surface area contributed by atoms with Crippen LogP contribution in [0.1, 0.15) is 33.9 Å². The second kappa shape index (κ2) is 10.6. The Morgan fingerprint density at radius 3 is 2.49 bits per heavy atom. The fourth-order valence-electron chi connectivity index (χ4n) is 3.71. The number of carboxylic acid groups (broad SMARTS) is 1. The monoisotopic (exact) mass is 510 g/mol. The molecule has 0 radical (unpaired) electrons. The van der Waals surface area contributed by atoms with Gasteiger partial charge in [-0.05, 0) is 35.2 Å². The number of methoxy groups -OCH3 is 1. The number of aromatic nitrogens is 2. The van der Waals surface area contributed by atoms with Gasteiger partial charge < -0.3 is 20.1 Å². The third kappa shape index (κ3) is 6.16. The maximum atomic E-state index is 13.6. The van der Waals surface area contributed by atoms with E-state index >= 15 is 0 Å². The second-order valence-corrected chi connectivity index (χ2v) is 8.25. The van der Waals surface area contributed by atoms with Gasteiger partial charge in [0.15, 0.2) is 0 Å². The molecule has 11 heteroatoms. The number of likely N-dealkylation sites (tertiary alicyclic amines) is 1. The number of rotatable bonds is 5. The molecule has 0 unspecified atom stereocenters. The Kier molecular flexibility index (Phi) is 7.29. The fourth-order valence-corrected chi connectivity index (χ4v) is 3.71. The Bertz CT molecular complexity index is 1380. The van der Waals surface area contributed by atoms with Gasteiger partial charge in [-0.15, -0.1) is 0 Å². The van der Waals surface area contributed by atoms with E-state index in [4.69, 9.17) is 5.11 Å². The van der Waals surface area contributed by atoms with Gasteiger partial charge in [-0.2, -0.15) is 13.2 Å². The van der Waals surface area contributed by atoms with Crippen molar-refractivity contribution < 1.29 is 32.6 Å². The van der Waals surface area contributed by atoms with Crippen molar-refractivity contribution in [3.8, 4) is 11.8 Å². The van der Waals surface area contributed by atoms with Gasteiger partial charge >= 0.3 is 18.2 Å². The van der Waals surface area contributed by atoms with Gasteiger partial charge in [0.25, 0.3) is 0 Å². The molecular weight excluding hydrogens is 489 g/mol. The van der Waals surface area contributed by atoms with Gasteiger partial charge in [-0.3, -0.25) is 4.79 Å². The minimum absolute atomic E-state index is 0.0742. The summed E-state index contributed by atoms with van der Waals surface area (Å²) < 4.78 is 45.5. The average Bonchev–Trinajstić information content (AvgIpc) is 2.82. The third-order valence-corrected chi connectivity index (χ3v) is 5.78. The molecule has 1 aliphatic rings. The van der Waals surface area contributed by atoms with Crippen LogP contribution in [0.2, 0.25) is 0 Å². The van der Waals surface area contributed by atoms with Gasteiger partial charge in [-0.1, -0.05) is 36.3 Å². The highest BCUT2D eigenvalue weighted by Crippen LogP contribution is 2.32. The lowest BCUT2D eigenvalue weighted by Crippen LogP contribution is -2.47. The molecule has 0 atom stereocenters. The predicted octanol–water partition coefficient (Wildman–Crippen LogP) is 4.43. The van der Waals surface area contributed by atoms with Crippen LogP contribution in [-0.4, -0.2) is 52.2 Å². The van der Waals surface area contributed by atoms with Crippen LogP contribution in [0.3, 0.4) is 0 Å². The van der Waals surface area contributed by atoms with E-state index in [1.165, 1.54) is 12.0 Å². The highest BCUT2D eigenvalue weighted by atomic mass is 19.4. The number of carbonyl (C=O) groups excluding carboxylic acids is 1. The number of anilines is 2. The molecule has 1 fully saturated rings. The van der Waals surface area contributed by atoms with E-state index in [-0.39, 0.29) is 18.3 Å². The molecule has 0 saturated carbocycles. The first-order chi connectivity index (χ1) is 17.6. The number of hydrogen-bond donors (Lipinski definition) is 2. The SMILES string of the molecule is COC(=O)Cc1ccccc1C#Cc1nc(Nc2ccc(C3CN(C(=O)O)C3)cc2)ncc1C(F)(F)F.